The molecule has 0 aliphatic heterocycles. The molecule has 0 radical (unpaired) electrons. The molecule has 80 heavy (non-hydrogen) atoms. The monoisotopic (exact) mass is 1120 g/mol. The number of nitrogens with two attached hydrogens (primary N) is 1. The van der Waals surface area contributed by atoms with E-state index in [2.05, 4.69) is 71.5 Å². The summed E-state index contributed by atoms with van der Waals surface area (Å²) >= 11 is 0. The van der Waals surface area contributed by atoms with E-state index in [1.165, 1.54) is 6.20 Å². The Kier molecular flexibility index (Phi) is 20.0. The van der Waals surface area contributed by atoms with E-state index in [9.17, 15) is 19.8 Å². The number of ketones is 1. The highest BCUT2D eigenvalue weighted by atomic mass is 35.5. The lowest BCUT2D eigenvalue weighted by Crippen LogP contribution is -2.46. The minimum Gasteiger partial charge on any atom is -0.490 e. The maximum absolute atomic E-state index is 11.4. The number of pyridine rings is 1. The fourth-order valence-electron chi connectivity index (χ4n) is 9.35. The van der Waals surface area contributed by atoms with Crippen molar-refractivity contribution in [2.45, 2.75) is 70.7 Å². The molecule has 0 aliphatic rings. The molecule has 0 aliphatic carbocycles. The molecule has 14 nitrogen and oxygen atoms in total. The first-order valence-corrected chi connectivity index (χ1v) is 26.1. The van der Waals surface area contributed by atoms with Gasteiger partial charge in [0.2, 0.25) is 11.8 Å². The fourth-order valence-corrected chi connectivity index (χ4v) is 9.35. The minimum absolute atomic E-state index is 0. The Hall–Kier alpha value is -7.95. The third kappa shape index (κ3) is 15.7. The molecular weight excluding hydrogens is 1050 g/mol. The van der Waals surface area contributed by atoms with Gasteiger partial charge in [-0.15, -0.1) is 24.8 Å². The van der Waals surface area contributed by atoms with E-state index in [1.54, 1.807) is 43.3 Å². The number of H-pyrrole nitrogens is 2. The van der Waals surface area contributed by atoms with Crippen molar-refractivity contribution in [2.24, 2.45) is 5.73 Å². The molecule has 416 valence electrons. The molecule has 2 atom stereocenters. The highest BCUT2D eigenvalue weighted by molar-refractivity contribution is 6.11. The second-order valence-electron chi connectivity index (χ2n) is 20.8. The van der Waals surface area contributed by atoms with Crippen molar-refractivity contribution < 1.29 is 38.7 Å². The van der Waals surface area contributed by atoms with Gasteiger partial charge >= 0.3 is 0 Å². The summed E-state index contributed by atoms with van der Waals surface area (Å²) < 4.78 is 23.8. The number of halogens is 2. The van der Waals surface area contributed by atoms with E-state index in [1.807, 2.05) is 115 Å². The van der Waals surface area contributed by atoms with Crippen LogP contribution in [0.2, 0.25) is 0 Å². The van der Waals surface area contributed by atoms with Gasteiger partial charge in [-0.3, -0.25) is 9.59 Å². The molecule has 0 bridgehead atoms. The fraction of sp³-hybridized carbons (Fsp3) is 0.234. The van der Waals surface area contributed by atoms with E-state index in [4.69, 9.17) is 24.7 Å². The van der Waals surface area contributed by atoms with Crippen LogP contribution in [0.5, 0.6) is 34.6 Å². The second kappa shape index (κ2) is 26.8. The Balaban J connectivity index is 0.000000225. The summed E-state index contributed by atoms with van der Waals surface area (Å²) in [5.41, 5.74) is 12.2. The lowest BCUT2D eigenvalue weighted by Gasteiger charge is -2.28. The highest BCUT2D eigenvalue weighted by Gasteiger charge is 2.22. The molecule has 8 N–H and O–H groups in total. The number of Topliss-reactive ketones (excluding diaryl/α,β-unsaturated/α-hetero) is 1. The summed E-state index contributed by atoms with van der Waals surface area (Å²) in [6.45, 7) is 11.2. The van der Waals surface area contributed by atoms with Crippen molar-refractivity contribution in [3.63, 3.8) is 0 Å². The van der Waals surface area contributed by atoms with Crippen LogP contribution in [-0.4, -0.2) is 86.4 Å². The predicted molar refractivity (Wildman–Crippen MR) is 323 cm³/mol. The third-order valence-corrected chi connectivity index (χ3v) is 13.4. The normalized spacial score (nSPS) is 12.2. The van der Waals surface area contributed by atoms with Crippen molar-refractivity contribution in [3.8, 4) is 34.6 Å². The SMILES string of the molecule is CC(=O)c1ccc(Oc2ccc(CC(C)(C)NC[C@H](O)COc3cccc4[nH]c5ccccc5c34)cc2)cc1.CC(C)(Cc1ccc(Oc2ccc(C(N)=O)cn2)cc1)NC[C@H](O)COc1cccc2[nH]c3ccccc3c12.Cl.Cl. The van der Waals surface area contributed by atoms with Gasteiger partial charge in [0.25, 0.3) is 0 Å². The van der Waals surface area contributed by atoms with Crippen LogP contribution in [0, 0.1) is 0 Å². The Labute approximate surface area is 477 Å². The van der Waals surface area contributed by atoms with E-state index >= 15 is 0 Å². The number of benzene rings is 7. The third-order valence-electron chi connectivity index (χ3n) is 13.4. The maximum atomic E-state index is 11.4. The first kappa shape index (κ1) is 59.7. The molecule has 0 fully saturated rings. The number of nitrogens with zero attached hydrogens (tertiary/aromatic N) is 1. The molecule has 7 aromatic carbocycles. The molecular formula is C64H68Cl2N6O8. The number of para-hydroxylation sites is 2. The zero-order valence-electron chi connectivity index (χ0n) is 45.3. The summed E-state index contributed by atoms with van der Waals surface area (Å²) in [5.74, 6) is 3.46. The van der Waals surface area contributed by atoms with Gasteiger partial charge in [0, 0.05) is 74.6 Å². The van der Waals surface area contributed by atoms with Crippen LogP contribution in [0.1, 0.15) is 66.5 Å². The molecule has 0 saturated heterocycles. The van der Waals surface area contributed by atoms with Crippen LogP contribution in [0.3, 0.4) is 0 Å². The molecule has 16 heteroatoms. The number of aromatic nitrogens is 3. The first-order valence-electron chi connectivity index (χ1n) is 26.1. The van der Waals surface area contributed by atoms with Crippen LogP contribution in [0.4, 0.5) is 0 Å². The summed E-state index contributed by atoms with van der Waals surface area (Å²) in [7, 11) is 0. The van der Waals surface area contributed by atoms with E-state index in [-0.39, 0.29) is 54.9 Å². The number of amides is 1. The second-order valence-corrected chi connectivity index (χ2v) is 20.8. The zero-order chi connectivity index (χ0) is 54.8. The number of ether oxygens (including phenoxy) is 4. The van der Waals surface area contributed by atoms with Gasteiger partial charge in [-0.25, -0.2) is 4.98 Å². The van der Waals surface area contributed by atoms with Crippen LogP contribution < -0.4 is 35.3 Å². The molecule has 3 aromatic heterocycles. The topological polar surface area (TPSA) is 206 Å². The van der Waals surface area contributed by atoms with Crippen molar-refractivity contribution in [2.75, 3.05) is 26.3 Å². The van der Waals surface area contributed by atoms with Gasteiger partial charge in [-0.05, 0) is 150 Å². The predicted octanol–water partition coefficient (Wildman–Crippen LogP) is 12.5. The zero-order valence-corrected chi connectivity index (χ0v) is 47.0. The number of carbonyl (C=O) groups is 2. The Morgan fingerprint density at radius 3 is 1.38 bits per heavy atom. The number of nitrogens with one attached hydrogen (secondary N) is 4. The molecule has 10 rings (SSSR count). The lowest BCUT2D eigenvalue weighted by atomic mass is 9.94. The Morgan fingerprint density at radius 2 is 0.950 bits per heavy atom. The largest absolute Gasteiger partial charge is 0.490 e. The molecule has 3 heterocycles. The number of aromatic amines is 2. The number of β-amino-alcohol motifs (C(OH)–C–C–N with tert-alkyl or cyclic N) is 2. The first-order chi connectivity index (χ1) is 37.5. The molecule has 0 saturated carbocycles. The number of carbonyl (C=O) groups excluding carboxylic acids is 2. The van der Waals surface area contributed by atoms with Crippen LogP contribution >= 0.6 is 24.8 Å². The van der Waals surface area contributed by atoms with Crippen molar-refractivity contribution in [3.05, 3.63) is 198 Å². The summed E-state index contributed by atoms with van der Waals surface area (Å²) in [5, 5.41) is 32.5. The average Bonchev–Trinajstić information content (AvgIpc) is 4.02. The quantitative estimate of drug-likeness (QED) is 0.0318. The number of hydrogen-bond acceptors (Lipinski definition) is 11. The number of aliphatic hydroxyl groups excluding tert-OH is 2. The standard InChI is InChI=1S/C33H34N2O4.C31H32N4O4.2ClH/c1-22(36)24-13-17-27(18-14-24)39-26-15-11-23(12-16-26)19-33(2,3)34-20-25(37)21-38-31-10-6-9-30-32(31)28-7-4-5-8-29(28)35-30;1-31(2,16-20-10-13-23(14-11-20)39-28-15-12-21(17-33-28)30(32)37)34-18-22(36)19-38-27-9-5-8-26-29(27)24-6-3-4-7-25(24)35-26;;/h4-18,25,34-35,37H,19-21H2,1-3H3;3-15,17,22,34-36H,16,18-19H2,1-2H3,(H2,32,37);2*1H/t25-;22-;;/m00../s1. The van der Waals surface area contributed by atoms with Gasteiger partial charge in [0.05, 0.1) is 16.6 Å². The highest BCUT2D eigenvalue weighted by Crippen LogP contribution is 2.35. The number of rotatable bonds is 22. The average molecular weight is 1120 g/mol. The molecule has 10 aromatic rings. The van der Waals surface area contributed by atoms with Gasteiger partial charge in [-0.2, -0.15) is 0 Å². The number of primary amides is 1. The molecule has 0 unspecified atom stereocenters. The smallest absolute Gasteiger partial charge is 0.250 e. The van der Waals surface area contributed by atoms with Crippen LogP contribution in [0.15, 0.2) is 176 Å². The minimum atomic E-state index is -0.672. The summed E-state index contributed by atoms with van der Waals surface area (Å²) in [4.78, 5) is 33.6. The summed E-state index contributed by atoms with van der Waals surface area (Å²) in [6, 6.07) is 54.2. The number of aliphatic hydroxyl groups is 2. The van der Waals surface area contributed by atoms with Crippen molar-refractivity contribution in [1.82, 2.24) is 25.6 Å². The molecule has 0 spiro atoms. The van der Waals surface area contributed by atoms with Crippen molar-refractivity contribution in [1.29, 1.82) is 0 Å². The Bertz CT molecular complexity index is 3400. The molecule has 1 amide bonds. The Morgan fingerprint density at radius 1 is 0.537 bits per heavy atom. The van der Waals surface area contributed by atoms with Gasteiger partial charge in [0.1, 0.15) is 54.2 Å². The lowest BCUT2D eigenvalue weighted by molar-refractivity contribution is 0.0995. The number of hydrogen-bond donors (Lipinski definition) is 7. The van der Waals surface area contributed by atoms with Crippen molar-refractivity contribution >= 4 is 80.1 Å². The van der Waals surface area contributed by atoms with E-state index < -0.39 is 18.1 Å². The summed E-state index contributed by atoms with van der Waals surface area (Å²) in [6.07, 6.45) is 1.59. The van der Waals surface area contributed by atoms with Crippen LogP contribution in [-0.2, 0) is 12.8 Å². The van der Waals surface area contributed by atoms with Crippen LogP contribution in [0.25, 0.3) is 43.6 Å². The van der Waals surface area contributed by atoms with Gasteiger partial charge in [-0.1, -0.05) is 72.8 Å². The number of fused-ring (bicyclic) bond motifs is 6. The maximum Gasteiger partial charge on any atom is 0.250 e. The van der Waals surface area contributed by atoms with Gasteiger partial charge < -0.3 is 55.5 Å². The van der Waals surface area contributed by atoms with E-state index in [0.717, 1.165) is 84.8 Å². The van der Waals surface area contributed by atoms with E-state index in [0.29, 0.717) is 41.6 Å². The van der Waals surface area contributed by atoms with Gasteiger partial charge in [0.15, 0.2) is 5.78 Å².